The highest BCUT2D eigenvalue weighted by molar-refractivity contribution is 5.79. The van der Waals surface area contributed by atoms with Crippen LogP contribution in [0.2, 0.25) is 0 Å². The second kappa shape index (κ2) is 7.29. The van der Waals surface area contributed by atoms with Gasteiger partial charge in [0.05, 0.1) is 39.3 Å². The Kier molecular flexibility index (Phi) is 4.93. The highest BCUT2D eigenvalue weighted by Gasteiger charge is 2.12. The van der Waals surface area contributed by atoms with Crippen molar-refractivity contribution in [3.8, 4) is 5.88 Å². The summed E-state index contributed by atoms with van der Waals surface area (Å²) in [6.07, 6.45) is 3.85. The van der Waals surface area contributed by atoms with Crippen LogP contribution >= 0.6 is 0 Å². The number of rotatable bonds is 8. The van der Waals surface area contributed by atoms with Crippen molar-refractivity contribution in [2.75, 3.05) is 20.3 Å². The molecule has 0 radical (unpaired) electrons. The lowest BCUT2D eigenvalue weighted by atomic mass is 10.4. The molecule has 0 saturated heterocycles. The minimum atomic E-state index is -0.905. The molecule has 0 fully saturated rings. The van der Waals surface area contributed by atoms with E-state index in [0.29, 0.717) is 29.2 Å². The predicted octanol–water partition coefficient (Wildman–Crippen LogP) is -1.20. The standard InChI is InChI=1S/C13H17N7O4/c1-23-13-11-2-16-20(12(11)14-7-15-13)4-9-3-19(18-17-9)8-24-6-10(22)5-21/h2-3,7,10,21-22H,4-6,8H2,1H3. The van der Waals surface area contributed by atoms with Gasteiger partial charge in [-0.2, -0.15) is 5.10 Å². The Hall–Kier alpha value is -2.63. The summed E-state index contributed by atoms with van der Waals surface area (Å²) < 4.78 is 13.5. The third-order valence-electron chi connectivity index (χ3n) is 3.23. The van der Waals surface area contributed by atoms with Crippen LogP contribution in [-0.2, 0) is 18.0 Å². The maximum absolute atomic E-state index is 9.20. The molecule has 3 aromatic heterocycles. The lowest BCUT2D eigenvalue weighted by Crippen LogP contribution is -2.20. The van der Waals surface area contributed by atoms with Crippen LogP contribution in [0.15, 0.2) is 18.7 Å². The second-order valence-electron chi connectivity index (χ2n) is 5.01. The van der Waals surface area contributed by atoms with E-state index in [2.05, 4.69) is 25.4 Å². The van der Waals surface area contributed by atoms with Gasteiger partial charge in [-0.1, -0.05) is 5.21 Å². The van der Waals surface area contributed by atoms with Gasteiger partial charge in [-0.25, -0.2) is 19.3 Å². The number of methoxy groups -OCH3 is 1. The van der Waals surface area contributed by atoms with Crippen molar-refractivity contribution in [1.82, 2.24) is 34.7 Å². The largest absolute Gasteiger partial charge is 0.480 e. The van der Waals surface area contributed by atoms with Crippen LogP contribution in [0.4, 0.5) is 0 Å². The molecule has 0 bridgehead atoms. The van der Waals surface area contributed by atoms with Crippen LogP contribution in [0.3, 0.4) is 0 Å². The van der Waals surface area contributed by atoms with E-state index in [4.69, 9.17) is 14.6 Å². The molecule has 0 aliphatic rings. The van der Waals surface area contributed by atoms with E-state index in [0.717, 1.165) is 0 Å². The van der Waals surface area contributed by atoms with E-state index in [9.17, 15) is 5.11 Å². The number of ether oxygens (including phenoxy) is 2. The summed E-state index contributed by atoms with van der Waals surface area (Å²) in [6, 6.07) is 0. The first kappa shape index (κ1) is 16.2. The Morgan fingerprint density at radius 1 is 1.33 bits per heavy atom. The zero-order valence-corrected chi connectivity index (χ0v) is 13.0. The molecule has 11 nitrogen and oxygen atoms in total. The average molecular weight is 335 g/mol. The maximum atomic E-state index is 9.20. The normalized spacial score (nSPS) is 12.6. The van der Waals surface area contributed by atoms with Gasteiger partial charge in [0, 0.05) is 0 Å². The minimum Gasteiger partial charge on any atom is -0.480 e. The fourth-order valence-corrected chi connectivity index (χ4v) is 2.11. The number of fused-ring (bicyclic) bond motifs is 1. The van der Waals surface area contributed by atoms with Crippen molar-refractivity contribution in [1.29, 1.82) is 0 Å². The quantitative estimate of drug-likeness (QED) is 0.520. The van der Waals surface area contributed by atoms with Crippen LogP contribution in [-0.4, -0.2) is 71.4 Å². The van der Waals surface area contributed by atoms with E-state index in [-0.39, 0.29) is 19.9 Å². The lowest BCUT2D eigenvalue weighted by Gasteiger charge is -2.07. The van der Waals surface area contributed by atoms with E-state index in [1.54, 1.807) is 24.2 Å². The number of hydrogen-bond donors (Lipinski definition) is 2. The van der Waals surface area contributed by atoms with Crippen LogP contribution in [0.25, 0.3) is 11.0 Å². The molecule has 0 saturated carbocycles. The summed E-state index contributed by atoms with van der Waals surface area (Å²) >= 11 is 0. The highest BCUT2D eigenvalue weighted by Crippen LogP contribution is 2.20. The SMILES string of the molecule is COc1ncnc2c1cnn2Cc1cn(COCC(O)CO)nn1. The van der Waals surface area contributed by atoms with E-state index in [1.165, 1.54) is 11.0 Å². The Morgan fingerprint density at radius 2 is 2.21 bits per heavy atom. The zero-order chi connectivity index (χ0) is 16.9. The molecule has 0 spiro atoms. The molecule has 0 aromatic carbocycles. The molecular weight excluding hydrogens is 318 g/mol. The highest BCUT2D eigenvalue weighted by atomic mass is 16.5. The van der Waals surface area contributed by atoms with Crippen molar-refractivity contribution in [3.05, 3.63) is 24.4 Å². The smallest absolute Gasteiger partial charge is 0.227 e. The Morgan fingerprint density at radius 3 is 3.00 bits per heavy atom. The molecule has 1 unspecified atom stereocenters. The fraction of sp³-hybridized carbons (Fsp3) is 0.462. The van der Waals surface area contributed by atoms with Crippen molar-refractivity contribution in [3.63, 3.8) is 0 Å². The van der Waals surface area contributed by atoms with Gasteiger partial charge in [-0.3, -0.25) is 0 Å². The average Bonchev–Trinajstić information content (AvgIpc) is 3.22. The molecule has 0 amide bonds. The molecule has 128 valence electrons. The zero-order valence-electron chi connectivity index (χ0n) is 13.0. The maximum Gasteiger partial charge on any atom is 0.227 e. The Balaban J connectivity index is 1.67. The Labute approximate surface area is 136 Å². The number of aromatic nitrogens is 7. The molecule has 3 aromatic rings. The van der Waals surface area contributed by atoms with Crippen LogP contribution in [0, 0.1) is 0 Å². The molecule has 24 heavy (non-hydrogen) atoms. The number of hydrogen-bond acceptors (Lipinski definition) is 9. The van der Waals surface area contributed by atoms with E-state index < -0.39 is 6.10 Å². The van der Waals surface area contributed by atoms with Gasteiger partial charge in [0.25, 0.3) is 0 Å². The summed E-state index contributed by atoms with van der Waals surface area (Å²) in [4.78, 5) is 8.24. The number of aliphatic hydroxyl groups excluding tert-OH is 2. The van der Waals surface area contributed by atoms with Crippen LogP contribution < -0.4 is 4.74 Å². The second-order valence-corrected chi connectivity index (χ2v) is 5.01. The van der Waals surface area contributed by atoms with Gasteiger partial charge >= 0.3 is 0 Å². The van der Waals surface area contributed by atoms with Crippen LogP contribution in [0.1, 0.15) is 5.69 Å². The van der Waals surface area contributed by atoms with Gasteiger partial charge in [0.2, 0.25) is 5.88 Å². The van der Waals surface area contributed by atoms with Gasteiger partial charge in [-0.05, 0) is 0 Å². The summed E-state index contributed by atoms with van der Waals surface area (Å²) in [5, 5.41) is 30.9. The third-order valence-corrected chi connectivity index (χ3v) is 3.23. The third kappa shape index (κ3) is 3.48. The molecule has 11 heteroatoms. The van der Waals surface area contributed by atoms with Gasteiger partial charge in [0.1, 0.15) is 30.2 Å². The van der Waals surface area contributed by atoms with Crippen molar-refractivity contribution in [2.45, 2.75) is 19.4 Å². The molecule has 0 aliphatic heterocycles. The predicted molar refractivity (Wildman–Crippen MR) is 80.0 cm³/mol. The lowest BCUT2D eigenvalue weighted by molar-refractivity contribution is -0.0209. The van der Waals surface area contributed by atoms with Crippen molar-refractivity contribution in [2.24, 2.45) is 0 Å². The minimum absolute atomic E-state index is 0.0200. The summed E-state index contributed by atoms with van der Waals surface area (Å²) in [5.41, 5.74) is 1.31. The first-order valence-electron chi connectivity index (χ1n) is 7.17. The topological polar surface area (TPSA) is 133 Å². The monoisotopic (exact) mass is 335 g/mol. The Bertz CT molecular complexity index is 803. The van der Waals surface area contributed by atoms with Crippen molar-refractivity contribution >= 4 is 11.0 Å². The molecule has 3 rings (SSSR count). The van der Waals surface area contributed by atoms with Crippen LogP contribution in [0.5, 0.6) is 5.88 Å². The van der Waals surface area contributed by atoms with Gasteiger partial charge < -0.3 is 19.7 Å². The molecular formula is C13H17N7O4. The molecule has 3 heterocycles. The first-order chi connectivity index (χ1) is 11.7. The van der Waals surface area contributed by atoms with Gasteiger partial charge in [-0.15, -0.1) is 5.10 Å². The molecule has 1 atom stereocenters. The van der Waals surface area contributed by atoms with E-state index >= 15 is 0 Å². The molecule has 0 aliphatic carbocycles. The van der Waals surface area contributed by atoms with E-state index in [1.807, 2.05) is 0 Å². The van der Waals surface area contributed by atoms with Gasteiger partial charge in [0.15, 0.2) is 5.65 Å². The molecule has 2 N–H and O–H groups in total. The number of aliphatic hydroxyl groups is 2. The number of nitrogens with zero attached hydrogens (tertiary/aromatic N) is 7. The first-order valence-corrected chi connectivity index (χ1v) is 7.17. The fourth-order valence-electron chi connectivity index (χ4n) is 2.11. The summed E-state index contributed by atoms with van der Waals surface area (Å²) in [5.74, 6) is 0.464. The van der Waals surface area contributed by atoms with Crippen molar-refractivity contribution < 1.29 is 19.7 Å². The summed E-state index contributed by atoms with van der Waals surface area (Å²) in [7, 11) is 1.54. The summed E-state index contributed by atoms with van der Waals surface area (Å²) in [6.45, 7) is 0.176.